The van der Waals surface area contributed by atoms with Gasteiger partial charge in [-0.3, -0.25) is 5.10 Å². The number of nitrogens with one attached hydrogen (secondary N) is 1. The first kappa shape index (κ1) is 7.56. The molecular formula is C5H10N4S. The van der Waals surface area contributed by atoms with Crippen LogP contribution < -0.4 is 5.73 Å². The van der Waals surface area contributed by atoms with Crippen molar-refractivity contribution < 1.29 is 0 Å². The van der Waals surface area contributed by atoms with Gasteiger partial charge in [-0.1, -0.05) is 0 Å². The summed E-state index contributed by atoms with van der Waals surface area (Å²) in [6, 6.07) is 0. The predicted molar refractivity (Wildman–Crippen MR) is 41.8 cm³/mol. The van der Waals surface area contributed by atoms with Gasteiger partial charge < -0.3 is 5.73 Å². The second kappa shape index (κ2) is 3.58. The number of nitrogens with two attached hydrogens (primary N) is 1. The van der Waals surface area contributed by atoms with E-state index in [9.17, 15) is 0 Å². The van der Waals surface area contributed by atoms with Crippen molar-refractivity contribution >= 4 is 12.6 Å². The van der Waals surface area contributed by atoms with Gasteiger partial charge in [0.1, 0.15) is 12.2 Å². The van der Waals surface area contributed by atoms with Crippen molar-refractivity contribution in [3.8, 4) is 0 Å². The van der Waals surface area contributed by atoms with Crippen molar-refractivity contribution in [2.24, 2.45) is 5.73 Å². The van der Waals surface area contributed by atoms with Crippen LogP contribution in [0.1, 0.15) is 17.5 Å². The highest BCUT2D eigenvalue weighted by molar-refractivity contribution is 7.80. The average Bonchev–Trinajstić information content (AvgIpc) is 2.38. The second-order valence-electron chi connectivity index (χ2n) is 1.96. The van der Waals surface area contributed by atoms with Gasteiger partial charge in [0, 0.05) is 0 Å². The first-order chi connectivity index (χ1) is 4.84. The van der Waals surface area contributed by atoms with E-state index in [1.807, 2.05) is 0 Å². The van der Waals surface area contributed by atoms with E-state index in [2.05, 4.69) is 27.8 Å². The second-order valence-corrected chi connectivity index (χ2v) is 2.59. The molecule has 1 heterocycles. The molecular weight excluding hydrogens is 148 g/mol. The van der Waals surface area contributed by atoms with Crippen LogP contribution in [-0.4, -0.2) is 21.7 Å². The number of hydrogen-bond donors (Lipinski definition) is 3. The Morgan fingerprint density at radius 1 is 1.80 bits per heavy atom. The lowest BCUT2D eigenvalue weighted by molar-refractivity contribution is 0.772. The van der Waals surface area contributed by atoms with Gasteiger partial charge in [-0.2, -0.15) is 17.7 Å². The molecule has 5 heteroatoms. The number of hydrogen-bond acceptors (Lipinski definition) is 4. The van der Waals surface area contributed by atoms with Crippen LogP contribution in [0.15, 0.2) is 6.33 Å². The van der Waals surface area contributed by atoms with Crippen molar-refractivity contribution in [3.63, 3.8) is 0 Å². The third-order valence-corrected chi connectivity index (χ3v) is 1.69. The fraction of sp³-hybridized carbons (Fsp3) is 0.600. The minimum Gasteiger partial charge on any atom is -0.330 e. The Labute approximate surface area is 64.6 Å². The molecule has 0 spiro atoms. The quantitative estimate of drug-likeness (QED) is 0.547. The molecule has 1 aromatic rings. The Morgan fingerprint density at radius 2 is 2.60 bits per heavy atom. The van der Waals surface area contributed by atoms with Crippen LogP contribution in [0.4, 0.5) is 0 Å². The highest BCUT2D eigenvalue weighted by Gasteiger charge is 2.06. The summed E-state index contributed by atoms with van der Waals surface area (Å²) in [7, 11) is 0. The molecule has 3 N–H and O–H groups in total. The summed E-state index contributed by atoms with van der Waals surface area (Å²) in [4.78, 5) is 3.94. The maximum absolute atomic E-state index is 5.32. The standard InChI is InChI=1S/C5H10N4S/c6-2-1-4(10)5-7-3-8-9-5/h3-4,10H,1-2,6H2,(H,7,8,9). The van der Waals surface area contributed by atoms with Gasteiger partial charge in [0.05, 0.1) is 5.25 Å². The van der Waals surface area contributed by atoms with E-state index in [1.165, 1.54) is 6.33 Å². The van der Waals surface area contributed by atoms with E-state index < -0.39 is 0 Å². The smallest absolute Gasteiger partial charge is 0.137 e. The van der Waals surface area contributed by atoms with Crippen LogP contribution in [0.3, 0.4) is 0 Å². The molecule has 0 saturated heterocycles. The zero-order chi connectivity index (χ0) is 7.40. The van der Waals surface area contributed by atoms with Crippen LogP contribution in [0.25, 0.3) is 0 Å². The van der Waals surface area contributed by atoms with Crippen molar-refractivity contribution in [2.45, 2.75) is 11.7 Å². The first-order valence-electron chi connectivity index (χ1n) is 3.08. The third-order valence-electron chi connectivity index (χ3n) is 1.19. The van der Waals surface area contributed by atoms with Gasteiger partial charge in [0.25, 0.3) is 0 Å². The fourth-order valence-electron chi connectivity index (χ4n) is 0.670. The lowest BCUT2D eigenvalue weighted by Gasteiger charge is -2.02. The fourth-order valence-corrected chi connectivity index (χ4v) is 0.944. The molecule has 0 aliphatic carbocycles. The summed E-state index contributed by atoms with van der Waals surface area (Å²) in [5, 5.41) is 6.52. The normalized spacial score (nSPS) is 13.4. The maximum Gasteiger partial charge on any atom is 0.137 e. The zero-order valence-electron chi connectivity index (χ0n) is 5.49. The van der Waals surface area contributed by atoms with Gasteiger partial charge in [0.2, 0.25) is 0 Å². The minimum atomic E-state index is 0.0903. The highest BCUT2D eigenvalue weighted by atomic mass is 32.1. The summed E-state index contributed by atoms with van der Waals surface area (Å²) >= 11 is 4.25. The summed E-state index contributed by atoms with van der Waals surface area (Å²) in [6.45, 7) is 0.620. The number of rotatable bonds is 3. The molecule has 1 rings (SSSR count). The van der Waals surface area contributed by atoms with Gasteiger partial charge in [-0.05, 0) is 13.0 Å². The van der Waals surface area contributed by atoms with E-state index in [0.29, 0.717) is 6.54 Å². The molecule has 0 saturated carbocycles. The zero-order valence-corrected chi connectivity index (χ0v) is 6.38. The van der Waals surface area contributed by atoms with E-state index >= 15 is 0 Å². The topological polar surface area (TPSA) is 67.6 Å². The Bertz CT molecular complexity index is 174. The highest BCUT2D eigenvalue weighted by Crippen LogP contribution is 2.17. The summed E-state index contributed by atoms with van der Waals surface area (Å²) in [5.74, 6) is 0.786. The SMILES string of the molecule is NCCC(S)c1ncn[nH]1. The largest absolute Gasteiger partial charge is 0.330 e. The predicted octanol–water partition coefficient (Wildman–Crippen LogP) is 0.124. The van der Waals surface area contributed by atoms with Crippen LogP contribution >= 0.6 is 12.6 Å². The Morgan fingerprint density at radius 3 is 3.10 bits per heavy atom. The summed E-state index contributed by atoms with van der Waals surface area (Å²) < 4.78 is 0. The number of aromatic nitrogens is 3. The van der Waals surface area contributed by atoms with Crippen molar-refractivity contribution in [3.05, 3.63) is 12.2 Å². The Balaban J connectivity index is 2.50. The van der Waals surface area contributed by atoms with Crippen LogP contribution in [0, 0.1) is 0 Å². The van der Waals surface area contributed by atoms with E-state index in [-0.39, 0.29) is 5.25 Å². The van der Waals surface area contributed by atoms with E-state index in [0.717, 1.165) is 12.2 Å². The Hall–Kier alpha value is -0.550. The lowest BCUT2D eigenvalue weighted by atomic mass is 10.3. The molecule has 0 fully saturated rings. The Kier molecular flexibility index (Phi) is 2.70. The molecule has 0 aliphatic heterocycles. The molecule has 0 bridgehead atoms. The first-order valence-corrected chi connectivity index (χ1v) is 3.59. The number of H-pyrrole nitrogens is 1. The van der Waals surface area contributed by atoms with Gasteiger partial charge in [0.15, 0.2) is 0 Å². The molecule has 0 aromatic carbocycles. The van der Waals surface area contributed by atoms with Crippen molar-refractivity contribution in [2.75, 3.05) is 6.54 Å². The maximum atomic E-state index is 5.32. The van der Waals surface area contributed by atoms with Crippen LogP contribution in [-0.2, 0) is 0 Å². The number of thiol groups is 1. The van der Waals surface area contributed by atoms with Crippen LogP contribution in [0.2, 0.25) is 0 Å². The van der Waals surface area contributed by atoms with Gasteiger partial charge >= 0.3 is 0 Å². The molecule has 0 radical (unpaired) electrons. The van der Waals surface area contributed by atoms with Crippen LogP contribution in [0.5, 0.6) is 0 Å². The van der Waals surface area contributed by atoms with Crippen molar-refractivity contribution in [1.82, 2.24) is 15.2 Å². The summed E-state index contributed by atoms with van der Waals surface area (Å²) in [5.41, 5.74) is 5.32. The number of aromatic amines is 1. The van der Waals surface area contributed by atoms with Crippen molar-refractivity contribution in [1.29, 1.82) is 0 Å². The molecule has 1 atom stereocenters. The molecule has 56 valence electrons. The third kappa shape index (κ3) is 1.71. The average molecular weight is 158 g/mol. The minimum absolute atomic E-state index is 0.0903. The molecule has 1 aromatic heterocycles. The molecule has 0 amide bonds. The summed E-state index contributed by atoms with van der Waals surface area (Å²) in [6.07, 6.45) is 2.29. The molecule has 0 aliphatic rings. The number of nitrogens with zero attached hydrogens (tertiary/aromatic N) is 2. The molecule has 4 nitrogen and oxygen atoms in total. The van der Waals surface area contributed by atoms with E-state index in [1.54, 1.807) is 0 Å². The van der Waals surface area contributed by atoms with Gasteiger partial charge in [-0.15, -0.1) is 0 Å². The molecule has 10 heavy (non-hydrogen) atoms. The molecule has 1 unspecified atom stereocenters. The van der Waals surface area contributed by atoms with Gasteiger partial charge in [-0.25, -0.2) is 4.98 Å². The lowest BCUT2D eigenvalue weighted by Crippen LogP contribution is -2.04. The monoisotopic (exact) mass is 158 g/mol. The van der Waals surface area contributed by atoms with E-state index in [4.69, 9.17) is 5.73 Å².